The van der Waals surface area contributed by atoms with Crippen LogP contribution in [-0.4, -0.2) is 37.5 Å². The Morgan fingerprint density at radius 1 is 1.26 bits per heavy atom. The molecule has 0 aliphatic heterocycles. The number of nitrogens with two attached hydrogens (primary N) is 1. The minimum absolute atomic E-state index is 0.214. The molecule has 106 valence electrons. The number of rotatable bonds is 8. The molecule has 4 nitrogen and oxygen atoms in total. The normalized spacial score (nSPS) is 11.3. The fraction of sp³-hybridized carbons (Fsp3) is 0.462. The summed E-state index contributed by atoms with van der Waals surface area (Å²) in [6.07, 6.45) is 3.67. The average Bonchev–Trinajstić information content (AvgIpc) is 2.35. The highest BCUT2D eigenvalue weighted by molar-refractivity contribution is 9.11. The Morgan fingerprint density at radius 2 is 2.00 bits per heavy atom. The SMILES string of the molecule is NCCCNCCCN=Cc1c(O)cc(Br)cc1Br. The minimum atomic E-state index is 0.214. The van der Waals surface area contributed by atoms with E-state index in [1.807, 2.05) is 6.07 Å². The zero-order valence-corrected chi connectivity index (χ0v) is 13.9. The predicted octanol–water partition coefficient (Wildman–Crippen LogP) is 2.66. The van der Waals surface area contributed by atoms with Crippen molar-refractivity contribution >= 4 is 38.1 Å². The van der Waals surface area contributed by atoms with Gasteiger partial charge in [0.25, 0.3) is 0 Å². The summed E-state index contributed by atoms with van der Waals surface area (Å²) >= 11 is 6.72. The number of halogens is 2. The van der Waals surface area contributed by atoms with Crippen molar-refractivity contribution in [2.45, 2.75) is 12.8 Å². The highest BCUT2D eigenvalue weighted by atomic mass is 79.9. The third kappa shape index (κ3) is 6.51. The molecule has 0 amide bonds. The van der Waals surface area contributed by atoms with Crippen molar-refractivity contribution in [3.8, 4) is 5.75 Å². The number of phenolic OH excluding ortho intramolecular Hbond substituents is 1. The van der Waals surface area contributed by atoms with Crippen molar-refractivity contribution in [2.24, 2.45) is 10.7 Å². The second-order valence-electron chi connectivity index (χ2n) is 4.10. The molecule has 0 heterocycles. The van der Waals surface area contributed by atoms with E-state index in [0.29, 0.717) is 5.56 Å². The molecular weight excluding hydrogens is 374 g/mol. The fourth-order valence-corrected chi connectivity index (χ4v) is 2.81. The molecule has 0 saturated carbocycles. The Morgan fingerprint density at radius 3 is 2.68 bits per heavy atom. The number of aromatic hydroxyl groups is 1. The number of aliphatic imine (C=N–C) groups is 1. The van der Waals surface area contributed by atoms with E-state index < -0.39 is 0 Å². The van der Waals surface area contributed by atoms with E-state index in [-0.39, 0.29) is 5.75 Å². The fourth-order valence-electron chi connectivity index (χ4n) is 1.50. The Labute approximate surface area is 130 Å². The Bertz CT molecular complexity index is 401. The highest BCUT2D eigenvalue weighted by Gasteiger charge is 2.04. The lowest BCUT2D eigenvalue weighted by atomic mass is 10.2. The number of phenols is 1. The van der Waals surface area contributed by atoms with Gasteiger partial charge in [-0.15, -0.1) is 0 Å². The van der Waals surface area contributed by atoms with E-state index in [1.54, 1.807) is 12.3 Å². The summed E-state index contributed by atoms with van der Waals surface area (Å²) in [5.74, 6) is 0.214. The Hall–Kier alpha value is -0.430. The number of benzene rings is 1. The van der Waals surface area contributed by atoms with Crippen LogP contribution in [0.2, 0.25) is 0 Å². The molecule has 0 aromatic heterocycles. The summed E-state index contributed by atoms with van der Waals surface area (Å²) in [6, 6.07) is 3.54. The molecule has 0 unspecified atom stereocenters. The lowest BCUT2D eigenvalue weighted by molar-refractivity contribution is 0.473. The highest BCUT2D eigenvalue weighted by Crippen LogP contribution is 2.29. The second-order valence-corrected chi connectivity index (χ2v) is 5.87. The molecule has 19 heavy (non-hydrogen) atoms. The van der Waals surface area contributed by atoms with Crippen molar-refractivity contribution in [2.75, 3.05) is 26.2 Å². The smallest absolute Gasteiger partial charge is 0.126 e. The van der Waals surface area contributed by atoms with Crippen molar-refractivity contribution < 1.29 is 5.11 Å². The minimum Gasteiger partial charge on any atom is -0.507 e. The molecule has 0 aliphatic rings. The maximum atomic E-state index is 9.80. The molecule has 1 aromatic rings. The average molecular weight is 393 g/mol. The van der Waals surface area contributed by atoms with E-state index in [1.165, 1.54) is 0 Å². The van der Waals surface area contributed by atoms with Gasteiger partial charge >= 0.3 is 0 Å². The molecule has 0 saturated heterocycles. The van der Waals surface area contributed by atoms with Gasteiger partial charge in [-0.25, -0.2) is 0 Å². The van der Waals surface area contributed by atoms with Crippen LogP contribution in [0, 0.1) is 0 Å². The van der Waals surface area contributed by atoms with Crippen LogP contribution in [0.15, 0.2) is 26.1 Å². The number of hydrogen-bond acceptors (Lipinski definition) is 4. The van der Waals surface area contributed by atoms with Gasteiger partial charge in [-0.2, -0.15) is 0 Å². The molecule has 0 radical (unpaired) electrons. The van der Waals surface area contributed by atoms with Crippen LogP contribution in [0.4, 0.5) is 0 Å². The summed E-state index contributed by atoms with van der Waals surface area (Å²) in [5.41, 5.74) is 6.11. The van der Waals surface area contributed by atoms with Crippen LogP contribution in [0.5, 0.6) is 5.75 Å². The van der Waals surface area contributed by atoms with Gasteiger partial charge in [-0.3, -0.25) is 4.99 Å². The predicted molar refractivity (Wildman–Crippen MR) is 87.1 cm³/mol. The zero-order chi connectivity index (χ0) is 14.1. The van der Waals surface area contributed by atoms with Gasteiger partial charge < -0.3 is 16.2 Å². The van der Waals surface area contributed by atoms with Gasteiger partial charge in [0.05, 0.1) is 0 Å². The Kier molecular flexibility index (Phi) is 8.29. The summed E-state index contributed by atoms with van der Waals surface area (Å²) in [5, 5.41) is 13.1. The number of nitrogens with one attached hydrogen (secondary N) is 1. The lowest BCUT2D eigenvalue weighted by Gasteiger charge is -2.03. The molecule has 0 bridgehead atoms. The van der Waals surface area contributed by atoms with E-state index >= 15 is 0 Å². The summed E-state index contributed by atoms with van der Waals surface area (Å²) in [4.78, 5) is 4.32. The molecule has 1 rings (SSSR count). The molecule has 6 heteroatoms. The van der Waals surface area contributed by atoms with Gasteiger partial charge in [-0.1, -0.05) is 15.9 Å². The third-order valence-electron chi connectivity index (χ3n) is 2.49. The number of nitrogens with zero attached hydrogens (tertiary/aromatic N) is 1. The van der Waals surface area contributed by atoms with Crippen molar-refractivity contribution in [1.82, 2.24) is 5.32 Å². The Balaban J connectivity index is 2.33. The third-order valence-corrected chi connectivity index (χ3v) is 3.61. The number of hydrogen-bond donors (Lipinski definition) is 3. The largest absolute Gasteiger partial charge is 0.507 e. The van der Waals surface area contributed by atoms with Gasteiger partial charge in [0.1, 0.15) is 5.75 Å². The maximum Gasteiger partial charge on any atom is 0.126 e. The zero-order valence-electron chi connectivity index (χ0n) is 10.7. The summed E-state index contributed by atoms with van der Waals surface area (Å²) in [6.45, 7) is 3.35. The first-order chi connectivity index (χ1) is 9.15. The van der Waals surface area contributed by atoms with Gasteiger partial charge in [-0.05, 0) is 60.5 Å². The van der Waals surface area contributed by atoms with Crippen LogP contribution >= 0.6 is 31.9 Å². The first kappa shape index (κ1) is 16.6. The molecular formula is C13H19Br2N3O. The molecule has 4 N–H and O–H groups in total. The lowest BCUT2D eigenvalue weighted by Crippen LogP contribution is -2.19. The molecule has 1 aromatic carbocycles. The first-order valence-electron chi connectivity index (χ1n) is 6.23. The van der Waals surface area contributed by atoms with Gasteiger partial charge in [0.2, 0.25) is 0 Å². The standard InChI is InChI=1S/C13H19Br2N3O/c14-10-7-12(15)11(13(19)8-10)9-18-6-2-5-17-4-1-3-16/h7-9,17,19H,1-6,16H2. The quantitative estimate of drug-likeness (QED) is 0.470. The van der Waals surface area contributed by atoms with Crippen LogP contribution in [0.25, 0.3) is 0 Å². The van der Waals surface area contributed by atoms with Crippen molar-refractivity contribution in [3.05, 3.63) is 26.6 Å². The molecule has 0 atom stereocenters. The monoisotopic (exact) mass is 391 g/mol. The van der Waals surface area contributed by atoms with Gasteiger partial charge in [0, 0.05) is 27.3 Å². The van der Waals surface area contributed by atoms with E-state index in [9.17, 15) is 5.11 Å². The maximum absolute atomic E-state index is 9.80. The van der Waals surface area contributed by atoms with Crippen LogP contribution in [0.1, 0.15) is 18.4 Å². The molecule has 0 fully saturated rings. The first-order valence-corrected chi connectivity index (χ1v) is 7.82. The van der Waals surface area contributed by atoms with Crippen molar-refractivity contribution in [1.29, 1.82) is 0 Å². The van der Waals surface area contributed by atoms with E-state index in [2.05, 4.69) is 42.2 Å². The van der Waals surface area contributed by atoms with E-state index in [0.717, 1.165) is 48.0 Å². The summed E-state index contributed by atoms with van der Waals surface area (Å²) in [7, 11) is 0. The molecule has 0 spiro atoms. The van der Waals surface area contributed by atoms with Gasteiger partial charge in [0.15, 0.2) is 0 Å². The van der Waals surface area contributed by atoms with Crippen LogP contribution in [-0.2, 0) is 0 Å². The van der Waals surface area contributed by atoms with Crippen LogP contribution in [0.3, 0.4) is 0 Å². The topological polar surface area (TPSA) is 70.6 Å². The summed E-state index contributed by atoms with van der Waals surface area (Å²) < 4.78 is 1.65. The second kappa shape index (κ2) is 9.47. The van der Waals surface area contributed by atoms with E-state index in [4.69, 9.17) is 5.73 Å². The molecule has 0 aliphatic carbocycles. The van der Waals surface area contributed by atoms with Crippen LogP contribution < -0.4 is 11.1 Å². The van der Waals surface area contributed by atoms with Crippen molar-refractivity contribution in [3.63, 3.8) is 0 Å².